The van der Waals surface area contributed by atoms with Crippen LogP contribution < -0.4 is 0 Å². The molecule has 0 bridgehead atoms. The Bertz CT molecular complexity index is 474. The van der Waals surface area contributed by atoms with Crippen LogP contribution in [0.3, 0.4) is 0 Å². The maximum atomic E-state index is 11.8. The molecule has 0 unspecified atom stereocenters. The number of rotatable bonds is 4. The molecule has 0 spiro atoms. The van der Waals surface area contributed by atoms with E-state index in [4.69, 9.17) is 4.74 Å². The summed E-state index contributed by atoms with van der Waals surface area (Å²) in [5, 5.41) is 0. The van der Waals surface area contributed by atoms with Gasteiger partial charge in [0.05, 0.1) is 12.5 Å². The van der Waals surface area contributed by atoms with Gasteiger partial charge in [0.25, 0.3) is 0 Å². The van der Waals surface area contributed by atoms with E-state index in [0.717, 1.165) is 38.3 Å². The molecule has 2 rings (SSSR count). The number of hydrogen-bond donors (Lipinski definition) is 0. The summed E-state index contributed by atoms with van der Waals surface area (Å²) in [6, 6.07) is 8.33. The van der Waals surface area contributed by atoms with Crippen molar-refractivity contribution in [1.29, 1.82) is 0 Å². The van der Waals surface area contributed by atoms with Crippen LogP contribution in [-0.4, -0.2) is 56.1 Å². The van der Waals surface area contributed by atoms with E-state index in [1.54, 1.807) is 0 Å². The molecule has 1 aliphatic rings. The van der Waals surface area contributed by atoms with Gasteiger partial charge >= 0.3 is 5.97 Å². The van der Waals surface area contributed by atoms with Crippen molar-refractivity contribution in [2.24, 2.45) is 0 Å². The van der Waals surface area contributed by atoms with Crippen LogP contribution in [0.4, 0.5) is 0 Å². The van der Waals surface area contributed by atoms with Crippen LogP contribution in [0.15, 0.2) is 24.3 Å². The molecule has 21 heavy (non-hydrogen) atoms. The van der Waals surface area contributed by atoms with E-state index >= 15 is 0 Å². The summed E-state index contributed by atoms with van der Waals surface area (Å²) in [4.78, 5) is 16.7. The number of nitrogens with zero attached hydrogens (tertiary/aromatic N) is 2. The number of ether oxygens (including phenoxy) is 1. The standard InChI is InChI=1S/C17H26N2O2/c1-17(2,16(20)21-4)15-7-5-14(6-8-15)13-19-11-9-18(3)10-12-19/h5-8H,9-13H2,1-4H3. The topological polar surface area (TPSA) is 32.8 Å². The molecule has 1 heterocycles. The van der Waals surface area contributed by atoms with E-state index in [-0.39, 0.29) is 5.97 Å². The minimum atomic E-state index is -0.596. The predicted octanol–water partition coefficient (Wildman–Crippen LogP) is 1.88. The Hall–Kier alpha value is -1.39. The number of hydrogen-bond acceptors (Lipinski definition) is 4. The Labute approximate surface area is 127 Å². The van der Waals surface area contributed by atoms with Crippen LogP contribution in [-0.2, 0) is 21.5 Å². The molecule has 1 aromatic carbocycles. The summed E-state index contributed by atoms with van der Waals surface area (Å²) < 4.78 is 4.88. The van der Waals surface area contributed by atoms with Crippen LogP contribution in [0.5, 0.6) is 0 Å². The Morgan fingerprint density at radius 1 is 1.14 bits per heavy atom. The van der Waals surface area contributed by atoms with Gasteiger partial charge in [-0.3, -0.25) is 9.69 Å². The van der Waals surface area contributed by atoms with E-state index < -0.39 is 5.41 Å². The maximum Gasteiger partial charge on any atom is 0.315 e. The molecule has 1 saturated heterocycles. The molecule has 0 radical (unpaired) electrons. The van der Waals surface area contributed by atoms with Crippen LogP contribution in [0.25, 0.3) is 0 Å². The van der Waals surface area contributed by atoms with E-state index in [9.17, 15) is 4.79 Å². The van der Waals surface area contributed by atoms with Gasteiger partial charge in [-0.05, 0) is 32.0 Å². The van der Waals surface area contributed by atoms with Crippen molar-refractivity contribution in [2.75, 3.05) is 40.3 Å². The first-order chi connectivity index (χ1) is 9.93. The van der Waals surface area contributed by atoms with Crippen molar-refractivity contribution in [3.05, 3.63) is 35.4 Å². The molecule has 0 atom stereocenters. The lowest BCUT2D eigenvalue weighted by Gasteiger charge is -2.32. The van der Waals surface area contributed by atoms with Crippen LogP contribution in [0.2, 0.25) is 0 Å². The van der Waals surface area contributed by atoms with Crippen LogP contribution >= 0.6 is 0 Å². The fraction of sp³-hybridized carbons (Fsp3) is 0.588. The molecule has 1 fully saturated rings. The number of piperazine rings is 1. The Morgan fingerprint density at radius 2 is 1.71 bits per heavy atom. The molecule has 0 N–H and O–H groups in total. The normalized spacial score (nSPS) is 17.7. The third-order valence-electron chi connectivity index (χ3n) is 4.37. The van der Waals surface area contributed by atoms with Crippen molar-refractivity contribution in [2.45, 2.75) is 25.8 Å². The van der Waals surface area contributed by atoms with E-state index in [2.05, 4.69) is 29.0 Å². The number of carbonyl (C=O) groups excluding carboxylic acids is 1. The van der Waals surface area contributed by atoms with Gasteiger partial charge in [-0.1, -0.05) is 24.3 Å². The molecule has 0 aromatic heterocycles. The first-order valence-corrected chi connectivity index (χ1v) is 7.52. The molecule has 0 aliphatic carbocycles. The number of esters is 1. The van der Waals surface area contributed by atoms with Crippen molar-refractivity contribution < 1.29 is 9.53 Å². The smallest absolute Gasteiger partial charge is 0.315 e. The summed E-state index contributed by atoms with van der Waals surface area (Å²) in [7, 11) is 3.60. The fourth-order valence-corrected chi connectivity index (χ4v) is 2.66. The largest absolute Gasteiger partial charge is 0.468 e. The third-order valence-corrected chi connectivity index (χ3v) is 4.37. The summed E-state index contributed by atoms with van der Waals surface area (Å²) in [6.45, 7) is 9.27. The Balaban J connectivity index is 2.00. The molecular formula is C17H26N2O2. The second-order valence-electron chi connectivity index (χ2n) is 6.39. The lowest BCUT2D eigenvalue weighted by molar-refractivity contribution is -0.146. The van der Waals surface area contributed by atoms with Gasteiger partial charge in [0.2, 0.25) is 0 Å². The SMILES string of the molecule is COC(=O)C(C)(C)c1ccc(CN2CCN(C)CC2)cc1. The second kappa shape index (κ2) is 6.58. The van der Waals surface area contributed by atoms with Gasteiger partial charge in [0.15, 0.2) is 0 Å². The quantitative estimate of drug-likeness (QED) is 0.793. The predicted molar refractivity (Wildman–Crippen MR) is 84.3 cm³/mol. The average molecular weight is 290 g/mol. The number of carbonyl (C=O) groups is 1. The highest BCUT2D eigenvalue weighted by atomic mass is 16.5. The highest BCUT2D eigenvalue weighted by Gasteiger charge is 2.30. The third kappa shape index (κ3) is 3.83. The lowest BCUT2D eigenvalue weighted by atomic mass is 9.84. The monoisotopic (exact) mass is 290 g/mol. The highest BCUT2D eigenvalue weighted by Crippen LogP contribution is 2.25. The van der Waals surface area contributed by atoms with Crippen molar-refractivity contribution in [1.82, 2.24) is 9.80 Å². The zero-order chi connectivity index (χ0) is 15.5. The molecule has 0 saturated carbocycles. The number of methoxy groups -OCH3 is 1. The van der Waals surface area contributed by atoms with Gasteiger partial charge in [-0.2, -0.15) is 0 Å². The van der Waals surface area contributed by atoms with E-state index in [0.29, 0.717) is 0 Å². The lowest BCUT2D eigenvalue weighted by Crippen LogP contribution is -2.43. The summed E-state index contributed by atoms with van der Waals surface area (Å²) >= 11 is 0. The van der Waals surface area contributed by atoms with E-state index in [1.165, 1.54) is 12.7 Å². The summed E-state index contributed by atoms with van der Waals surface area (Å²) in [6.07, 6.45) is 0. The molecule has 0 amide bonds. The molecule has 116 valence electrons. The maximum absolute atomic E-state index is 11.8. The zero-order valence-corrected chi connectivity index (χ0v) is 13.6. The zero-order valence-electron chi connectivity index (χ0n) is 13.6. The second-order valence-corrected chi connectivity index (χ2v) is 6.39. The molecule has 1 aromatic rings. The van der Waals surface area contributed by atoms with Gasteiger partial charge in [-0.25, -0.2) is 0 Å². The van der Waals surface area contributed by atoms with Gasteiger partial charge in [0.1, 0.15) is 0 Å². The minimum Gasteiger partial charge on any atom is -0.468 e. The van der Waals surface area contributed by atoms with Gasteiger partial charge < -0.3 is 9.64 Å². The molecule has 4 nitrogen and oxygen atoms in total. The summed E-state index contributed by atoms with van der Waals surface area (Å²) in [5.41, 5.74) is 1.70. The number of likely N-dealkylation sites (N-methyl/N-ethyl adjacent to an activating group) is 1. The van der Waals surface area contributed by atoms with Crippen molar-refractivity contribution >= 4 is 5.97 Å². The van der Waals surface area contributed by atoms with Crippen LogP contribution in [0, 0.1) is 0 Å². The molecule has 1 aliphatic heterocycles. The highest BCUT2D eigenvalue weighted by molar-refractivity contribution is 5.82. The minimum absolute atomic E-state index is 0.200. The van der Waals surface area contributed by atoms with Crippen molar-refractivity contribution in [3.8, 4) is 0 Å². The molecular weight excluding hydrogens is 264 g/mol. The molecule has 4 heteroatoms. The Morgan fingerprint density at radius 3 is 2.24 bits per heavy atom. The van der Waals surface area contributed by atoms with Crippen LogP contribution in [0.1, 0.15) is 25.0 Å². The van der Waals surface area contributed by atoms with Gasteiger partial charge in [-0.15, -0.1) is 0 Å². The average Bonchev–Trinajstić information content (AvgIpc) is 2.49. The Kier molecular flexibility index (Phi) is 5.01. The number of benzene rings is 1. The van der Waals surface area contributed by atoms with Crippen molar-refractivity contribution in [3.63, 3.8) is 0 Å². The first-order valence-electron chi connectivity index (χ1n) is 7.52. The van der Waals surface area contributed by atoms with E-state index in [1.807, 2.05) is 26.0 Å². The van der Waals surface area contributed by atoms with Gasteiger partial charge in [0, 0.05) is 32.7 Å². The summed E-state index contributed by atoms with van der Waals surface area (Å²) in [5.74, 6) is -0.200. The first kappa shape index (κ1) is 16.0. The fourth-order valence-electron chi connectivity index (χ4n) is 2.66.